The van der Waals surface area contributed by atoms with Crippen LogP contribution in [0.15, 0.2) is 0 Å². The monoisotopic (exact) mass is 263 g/mol. The van der Waals surface area contributed by atoms with Gasteiger partial charge in [-0.1, -0.05) is 6.92 Å². The number of rotatable bonds is 3. The molecule has 2 unspecified atom stereocenters. The van der Waals surface area contributed by atoms with Gasteiger partial charge in [0.1, 0.15) is 6.04 Å². The number of hydrogen-bond donors (Lipinski definition) is 2. The van der Waals surface area contributed by atoms with E-state index in [-0.39, 0.29) is 36.2 Å². The van der Waals surface area contributed by atoms with Gasteiger partial charge in [0.2, 0.25) is 11.8 Å². The van der Waals surface area contributed by atoms with Gasteiger partial charge < -0.3 is 16.0 Å². The third-order valence-corrected chi connectivity index (χ3v) is 3.11. The van der Waals surface area contributed by atoms with E-state index < -0.39 is 0 Å². The zero-order valence-corrected chi connectivity index (χ0v) is 11.3. The second kappa shape index (κ2) is 7.50. The van der Waals surface area contributed by atoms with E-state index in [1.54, 1.807) is 18.9 Å². The fourth-order valence-electron chi connectivity index (χ4n) is 2.02. The van der Waals surface area contributed by atoms with Crippen LogP contribution in [-0.4, -0.2) is 42.9 Å². The molecule has 1 heterocycles. The molecule has 17 heavy (non-hydrogen) atoms. The highest BCUT2D eigenvalue weighted by Gasteiger charge is 2.32. The van der Waals surface area contributed by atoms with Gasteiger partial charge in [0, 0.05) is 26.1 Å². The molecule has 0 spiro atoms. The molecule has 2 atom stereocenters. The molecule has 6 heteroatoms. The minimum atomic E-state index is -0.305. The Morgan fingerprint density at radius 3 is 2.65 bits per heavy atom. The van der Waals surface area contributed by atoms with E-state index in [4.69, 9.17) is 5.73 Å². The number of nitrogens with zero attached hydrogens (tertiary/aromatic N) is 1. The third-order valence-electron chi connectivity index (χ3n) is 3.11. The van der Waals surface area contributed by atoms with E-state index in [9.17, 15) is 9.59 Å². The van der Waals surface area contributed by atoms with Gasteiger partial charge in [-0.2, -0.15) is 0 Å². The predicted octanol–water partition coefficient (Wildman–Crippen LogP) is 0.130. The number of piperidine rings is 1. The summed E-state index contributed by atoms with van der Waals surface area (Å²) in [6.45, 7) is 2.80. The average molecular weight is 264 g/mol. The van der Waals surface area contributed by atoms with Crippen molar-refractivity contribution in [2.45, 2.75) is 32.2 Å². The molecular formula is C11H22ClN3O2. The van der Waals surface area contributed by atoms with Gasteiger partial charge in [-0.15, -0.1) is 12.4 Å². The predicted molar refractivity (Wildman–Crippen MR) is 68.9 cm³/mol. The lowest BCUT2D eigenvalue weighted by Gasteiger charge is -2.35. The van der Waals surface area contributed by atoms with Gasteiger partial charge in [0.15, 0.2) is 0 Å². The molecule has 0 radical (unpaired) electrons. The van der Waals surface area contributed by atoms with Crippen molar-refractivity contribution in [1.82, 2.24) is 10.2 Å². The molecule has 0 aliphatic carbocycles. The molecule has 1 aliphatic heterocycles. The molecule has 0 saturated carbocycles. The number of hydrogen-bond acceptors (Lipinski definition) is 3. The largest absolute Gasteiger partial charge is 0.357 e. The van der Waals surface area contributed by atoms with Crippen molar-refractivity contribution in [1.29, 1.82) is 0 Å². The molecule has 0 aromatic carbocycles. The number of likely N-dealkylation sites (N-methyl/N-ethyl adjacent to an activating group) is 1. The Morgan fingerprint density at radius 1 is 1.47 bits per heavy atom. The number of likely N-dealkylation sites (tertiary alicyclic amines) is 1. The number of nitrogens with two attached hydrogens (primary N) is 1. The minimum absolute atomic E-state index is 0. The second-order valence-electron chi connectivity index (χ2n) is 4.29. The zero-order valence-electron chi connectivity index (χ0n) is 10.4. The van der Waals surface area contributed by atoms with Crippen LogP contribution in [0.4, 0.5) is 0 Å². The minimum Gasteiger partial charge on any atom is -0.357 e. The molecule has 2 amide bonds. The van der Waals surface area contributed by atoms with Crippen LogP contribution in [0.2, 0.25) is 0 Å². The van der Waals surface area contributed by atoms with Gasteiger partial charge in [0.25, 0.3) is 0 Å². The van der Waals surface area contributed by atoms with Crippen LogP contribution < -0.4 is 11.1 Å². The fourth-order valence-corrected chi connectivity index (χ4v) is 2.02. The van der Waals surface area contributed by atoms with Crippen molar-refractivity contribution in [3.63, 3.8) is 0 Å². The molecule has 1 rings (SSSR count). The molecule has 1 saturated heterocycles. The van der Waals surface area contributed by atoms with Crippen molar-refractivity contribution in [2.75, 3.05) is 20.1 Å². The maximum Gasteiger partial charge on any atom is 0.242 e. The number of halogens is 1. The van der Waals surface area contributed by atoms with Gasteiger partial charge in [-0.25, -0.2) is 0 Å². The van der Waals surface area contributed by atoms with E-state index in [0.29, 0.717) is 13.1 Å². The summed E-state index contributed by atoms with van der Waals surface area (Å²) in [5.41, 5.74) is 5.49. The highest BCUT2D eigenvalue weighted by molar-refractivity contribution is 5.88. The molecular weight excluding hydrogens is 242 g/mol. The van der Waals surface area contributed by atoms with Crippen LogP contribution in [-0.2, 0) is 9.59 Å². The molecule has 3 N–H and O–H groups in total. The lowest BCUT2D eigenvalue weighted by molar-refractivity contribution is -0.144. The average Bonchev–Trinajstić information content (AvgIpc) is 2.35. The number of amides is 2. The standard InChI is InChI=1S/C11H21N3O2.ClH/c1-8(7-12)11(16)14-6-4-3-5-9(14)10(15)13-2;/h8-9H,3-7,12H2,1-2H3,(H,13,15);1H. The summed E-state index contributed by atoms with van der Waals surface area (Å²) in [7, 11) is 1.60. The van der Waals surface area contributed by atoms with E-state index >= 15 is 0 Å². The Bertz CT molecular complexity index is 273. The van der Waals surface area contributed by atoms with Crippen LogP contribution in [0.1, 0.15) is 26.2 Å². The topological polar surface area (TPSA) is 75.4 Å². The van der Waals surface area contributed by atoms with Crippen LogP contribution in [0.3, 0.4) is 0 Å². The first-order chi connectivity index (χ1) is 7.61. The lowest BCUT2D eigenvalue weighted by atomic mass is 9.99. The van der Waals surface area contributed by atoms with E-state index in [1.807, 2.05) is 0 Å². The Kier molecular flexibility index (Phi) is 7.15. The lowest BCUT2D eigenvalue weighted by Crippen LogP contribution is -2.53. The quantitative estimate of drug-likeness (QED) is 0.760. The Morgan fingerprint density at radius 2 is 2.12 bits per heavy atom. The summed E-state index contributed by atoms with van der Waals surface area (Å²) in [6.07, 6.45) is 2.72. The van der Waals surface area contributed by atoms with Gasteiger partial charge >= 0.3 is 0 Å². The molecule has 0 bridgehead atoms. The van der Waals surface area contributed by atoms with Crippen LogP contribution >= 0.6 is 12.4 Å². The normalized spacial score (nSPS) is 21.4. The zero-order chi connectivity index (χ0) is 12.1. The Balaban J connectivity index is 0.00000256. The summed E-state index contributed by atoms with van der Waals surface area (Å²) in [6, 6.07) is -0.305. The molecule has 0 aromatic rings. The van der Waals surface area contributed by atoms with E-state index in [1.165, 1.54) is 0 Å². The Hall–Kier alpha value is -0.810. The number of nitrogens with one attached hydrogen (secondary N) is 1. The smallest absolute Gasteiger partial charge is 0.242 e. The van der Waals surface area contributed by atoms with Gasteiger partial charge in [0.05, 0.1) is 0 Å². The SMILES string of the molecule is CNC(=O)C1CCCCN1C(=O)C(C)CN.Cl. The summed E-state index contributed by atoms with van der Waals surface area (Å²) < 4.78 is 0. The van der Waals surface area contributed by atoms with E-state index in [2.05, 4.69) is 5.32 Å². The van der Waals surface area contributed by atoms with Crippen molar-refractivity contribution < 1.29 is 9.59 Å². The maximum absolute atomic E-state index is 12.0. The molecule has 0 aromatic heterocycles. The number of carbonyl (C=O) groups is 2. The summed E-state index contributed by atoms with van der Waals surface area (Å²) in [5.74, 6) is -0.279. The van der Waals surface area contributed by atoms with Crippen LogP contribution in [0.25, 0.3) is 0 Å². The van der Waals surface area contributed by atoms with Crippen molar-refractivity contribution >= 4 is 24.2 Å². The summed E-state index contributed by atoms with van der Waals surface area (Å²) >= 11 is 0. The third kappa shape index (κ3) is 3.85. The summed E-state index contributed by atoms with van der Waals surface area (Å²) in [4.78, 5) is 25.4. The molecule has 100 valence electrons. The molecule has 5 nitrogen and oxygen atoms in total. The van der Waals surface area contributed by atoms with Gasteiger partial charge in [-0.05, 0) is 19.3 Å². The molecule has 1 aliphatic rings. The van der Waals surface area contributed by atoms with Crippen LogP contribution in [0, 0.1) is 5.92 Å². The van der Waals surface area contributed by atoms with Crippen molar-refractivity contribution in [3.8, 4) is 0 Å². The first-order valence-corrected chi connectivity index (χ1v) is 5.84. The highest BCUT2D eigenvalue weighted by atomic mass is 35.5. The highest BCUT2D eigenvalue weighted by Crippen LogP contribution is 2.19. The molecule has 1 fully saturated rings. The summed E-state index contributed by atoms with van der Waals surface area (Å²) in [5, 5.41) is 2.61. The first kappa shape index (κ1) is 16.2. The van der Waals surface area contributed by atoms with Crippen LogP contribution in [0.5, 0.6) is 0 Å². The van der Waals surface area contributed by atoms with E-state index in [0.717, 1.165) is 19.3 Å². The maximum atomic E-state index is 12.0. The second-order valence-corrected chi connectivity index (χ2v) is 4.29. The van der Waals surface area contributed by atoms with Crippen molar-refractivity contribution in [2.24, 2.45) is 11.7 Å². The van der Waals surface area contributed by atoms with Crippen molar-refractivity contribution in [3.05, 3.63) is 0 Å². The first-order valence-electron chi connectivity index (χ1n) is 5.84. The Labute approximate surface area is 109 Å². The number of carbonyl (C=O) groups excluding carboxylic acids is 2. The fraction of sp³-hybridized carbons (Fsp3) is 0.818. The van der Waals surface area contributed by atoms with Gasteiger partial charge in [-0.3, -0.25) is 9.59 Å².